The number of benzene rings is 1. The van der Waals surface area contributed by atoms with Gasteiger partial charge in [-0.2, -0.15) is 4.31 Å². The van der Waals surface area contributed by atoms with Gasteiger partial charge < -0.3 is 5.73 Å². The van der Waals surface area contributed by atoms with Crippen LogP contribution in [0.1, 0.15) is 31.2 Å². The van der Waals surface area contributed by atoms with E-state index < -0.39 is 10.0 Å². The SMILES string of the molecule is NCc1cc(S(=O)(=O)N2CCCCCC2)ccc1Cl. The van der Waals surface area contributed by atoms with Crippen molar-refractivity contribution in [2.75, 3.05) is 13.1 Å². The molecule has 0 radical (unpaired) electrons. The zero-order valence-corrected chi connectivity index (χ0v) is 12.4. The molecule has 1 aromatic carbocycles. The maximum atomic E-state index is 12.6. The summed E-state index contributed by atoms with van der Waals surface area (Å²) in [5.74, 6) is 0. The molecule has 0 bridgehead atoms. The first-order chi connectivity index (χ1) is 9.05. The van der Waals surface area contributed by atoms with Crippen molar-refractivity contribution >= 4 is 21.6 Å². The van der Waals surface area contributed by atoms with Gasteiger partial charge in [0, 0.05) is 24.7 Å². The van der Waals surface area contributed by atoms with Crippen LogP contribution in [-0.2, 0) is 16.6 Å². The van der Waals surface area contributed by atoms with Crippen molar-refractivity contribution in [3.63, 3.8) is 0 Å². The van der Waals surface area contributed by atoms with Crippen LogP contribution in [0.4, 0.5) is 0 Å². The summed E-state index contributed by atoms with van der Waals surface area (Å²) in [6, 6.07) is 4.75. The average molecular weight is 303 g/mol. The van der Waals surface area contributed by atoms with Gasteiger partial charge in [-0.05, 0) is 36.6 Å². The second kappa shape index (κ2) is 6.22. The summed E-state index contributed by atoms with van der Waals surface area (Å²) in [5, 5.41) is 0.511. The van der Waals surface area contributed by atoms with Crippen LogP contribution in [0.15, 0.2) is 23.1 Å². The Balaban J connectivity index is 2.32. The largest absolute Gasteiger partial charge is 0.326 e. The van der Waals surface area contributed by atoms with Crippen molar-refractivity contribution in [2.24, 2.45) is 5.73 Å². The molecule has 19 heavy (non-hydrogen) atoms. The molecule has 1 aliphatic heterocycles. The van der Waals surface area contributed by atoms with E-state index in [4.69, 9.17) is 17.3 Å². The van der Waals surface area contributed by atoms with Crippen LogP contribution in [0.5, 0.6) is 0 Å². The van der Waals surface area contributed by atoms with Crippen molar-refractivity contribution in [3.05, 3.63) is 28.8 Å². The number of hydrogen-bond donors (Lipinski definition) is 1. The molecule has 0 unspecified atom stereocenters. The summed E-state index contributed by atoms with van der Waals surface area (Å²) in [5.41, 5.74) is 6.24. The third-order valence-corrected chi connectivity index (χ3v) is 5.70. The first-order valence-electron chi connectivity index (χ1n) is 6.54. The lowest BCUT2D eigenvalue weighted by molar-refractivity contribution is 0.423. The maximum Gasteiger partial charge on any atom is 0.243 e. The number of hydrogen-bond acceptors (Lipinski definition) is 3. The van der Waals surface area contributed by atoms with E-state index in [1.165, 1.54) is 0 Å². The first kappa shape index (κ1) is 14.8. The molecule has 2 rings (SSSR count). The highest BCUT2D eigenvalue weighted by molar-refractivity contribution is 7.89. The number of nitrogens with two attached hydrogens (primary N) is 1. The van der Waals surface area contributed by atoms with Gasteiger partial charge in [-0.25, -0.2) is 8.42 Å². The fourth-order valence-electron chi connectivity index (χ4n) is 2.30. The van der Waals surface area contributed by atoms with Crippen LogP contribution < -0.4 is 5.73 Å². The molecular weight excluding hydrogens is 284 g/mol. The molecule has 2 N–H and O–H groups in total. The van der Waals surface area contributed by atoms with Crippen LogP contribution in [0.2, 0.25) is 5.02 Å². The number of rotatable bonds is 3. The maximum absolute atomic E-state index is 12.6. The molecule has 0 spiro atoms. The zero-order valence-electron chi connectivity index (χ0n) is 10.8. The second-order valence-electron chi connectivity index (χ2n) is 4.78. The molecule has 1 heterocycles. The minimum atomic E-state index is -3.42. The predicted molar refractivity (Wildman–Crippen MR) is 76.6 cm³/mol. The van der Waals surface area contributed by atoms with Gasteiger partial charge in [0.1, 0.15) is 0 Å². The molecule has 106 valence electrons. The molecule has 0 saturated carbocycles. The Kier molecular flexibility index (Phi) is 4.84. The lowest BCUT2D eigenvalue weighted by Gasteiger charge is -2.20. The van der Waals surface area contributed by atoms with E-state index in [-0.39, 0.29) is 6.54 Å². The van der Waals surface area contributed by atoms with Gasteiger partial charge in [-0.3, -0.25) is 0 Å². The van der Waals surface area contributed by atoms with Crippen LogP contribution in [0.25, 0.3) is 0 Å². The van der Waals surface area contributed by atoms with E-state index in [0.29, 0.717) is 28.6 Å². The van der Waals surface area contributed by atoms with Gasteiger partial charge in [0.25, 0.3) is 0 Å². The van der Waals surface area contributed by atoms with Gasteiger partial charge in [0.15, 0.2) is 0 Å². The molecule has 1 fully saturated rings. The number of nitrogens with zero attached hydrogens (tertiary/aromatic N) is 1. The highest BCUT2D eigenvalue weighted by atomic mass is 35.5. The Morgan fingerprint density at radius 1 is 1.16 bits per heavy atom. The molecule has 0 atom stereocenters. The van der Waals surface area contributed by atoms with Gasteiger partial charge >= 0.3 is 0 Å². The normalized spacial score (nSPS) is 18.2. The summed E-state index contributed by atoms with van der Waals surface area (Å²) < 4.78 is 26.7. The fraction of sp³-hybridized carbons (Fsp3) is 0.538. The van der Waals surface area contributed by atoms with Gasteiger partial charge in [0.2, 0.25) is 10.0 Å². The van der Waals surface area contributed by atoms with Crippen molar-refractivity contribution in [1.82, 2.24) is 4.31 Å². The van der Waals surface area contributed by atoms with Crippen molar-refractivity contribution in [1.29, 1.82) is 0 Å². The highest BCUT2D eigenvalue weighted by Crippen LogP contribution is 2.24. The topological polar surface area (TPSA) is 63.4 Å². The molecule has 6 heteroatoms. The molecule has 0 aromatic heterocycles. The monoisotopic (exact) mass is 302 g/mol. The number of sulfonamides is 1. The Morgan fingerprint density at radius 2 is 1.79 bits per heavy atom. The van der Waals surface area contributed by atoms with Crippen LogP contribution in [0.3, 0.4) is 0 Å². The van der Waals surface area contributed by atoms with E-state index in [1.54, 1.807) is 22.5 Å². The molecule has 1 saturated heterocycles. The minimum Gasteiger partial charge on any atom is -0.326 e. The first-order valence-corrected chi connectivity index (χ1v) is 8.36. The van der Waals surface area contributed by atoms with E-state index >= 15 is 0 Å². The minimum absolute atomic E-state index is 0.238. The molecule has 0 aliphatic carbocycles. The predicted octanol–water partition coefficient (Wildman–Crippen LogP) is 2.36. The van der Waals surface area contributed by atoms with E-state index in [2.05, 4.69) is 0 Å². The smallest absolute Gasteiger partial charge is 0.243 e. The summed E-state index contributed by atoms with van der Waals surface area (Å²) in [4.78, 5) is 0.291. The third-order valence-electron chi connectivity index (χ3n) is 3.44. The van der Waals surface area contributed by atoms with Crippen LogP contribution in [0, 0.1) is 0 Å². The fourth-order valence-corrected chi connectivity index (χ4v) is 4.06. The lowest BCUT2D eigenvalue weighted by Crippen LogP contribution is -2.32. The van der Waals surface area contributed by atoms with Crippen molar-refractivity contribution in [2.45, 2.75) is 37.1 Å². The van der Waals surface area contributed by atoms with Crippen molar-refractivity contribution in [3.8, 4) is 0 Å². The van der Waals surface area contributed by atoms with Crippen LogP contribution >= 0.6 is 11.6 Å². The Labute approximate surface area is 119 Å². The number of halogens is 1. The summed E-state index contributed by atoms with van der Waals surface area (Å²) in [6.45, 7) is 1.44. The second-order valence-corrected chi connectivity index (χ2v) is 7.12. The Morgan fingerprint density at radius 3 is 2.37 bits per heavy atom. The van der Waals surface area contributed by atoms with Gasteiger partial charge in [0.05, 0.1) is 4.90 Å². The van der Waals surface area contributed by atoms with Crippen molar-refractivity contribution < 1.29 is 8.42 Å². The third kappa shape index (κ3) is 3.28. The van der Waals surface area contributed by atoms with Crippen LogP contribution in [-0.4, -0.2) is 25.8 Å². The molecule has 0 amide bonds. The van der Waals surface area contributed by atoms with E-state index in [1.807, 2.05) is 0 Å². The Bertz CT molecular complexity index is 538. The Hall–Kier alpha value is -0.620. The van der Waals surface area contributed by atoms with E-state index in [0.717, 1.165) is 25.7 Å². The van der Waals surface area contributed by atoms with Gasteiger partial charge in [-0.15, -0.1) is 0 Å². The molecule has 1 aromatic rings. The summed E-state index contributed by atoms with van der Waals surface area (Å²) in [6.07, 6.45) is 4.05. The molecule has 1 aliphatic rings. The average Bonchev–Trinajstić information content (AvgIpc) is 2.68. The summed E-state index contributed by atoms with van der Waals surface area (Å²) >= 11 is 5.97. The zero-order chi connectivity index (χ0) is 13.9. The quantitative estimate of drug-likeness (QED) is 0.932. The van der Waals surface area contributed by atoms with E-state index in [9.17, 15) is 8.42 Å². The highest BCUT2D eigenvalue weighted by Gasteiger charge is 2.25. The van der Waals surface area contributed by atoms with Gasteiger partial charge in [-0.1, -0.05) is 24.4 Å². The standard InChI is InChI=1S/C13H19ClN2O2S/c14-13-6-5-12(9-11(13)10-15)19(17,18)16-7-3-1-2-4-8-16/h5-6,9H,1-4,7-8,10,15H2. The summed E-state index contributed by atoms with van der Waals surface area (Å²) in [7, 11) is -3.42. The molecular formula is C13H19ClN2O2S. The lowest BCUT2D eigenvalue weighted by atomic mass is 10.2. The molecule has 4 nitrogen and oxygen atoms in total.